The molecule has 3 nitrogen and oxygen atoms in total. The molecule has 0 fully saturated rings. The zero-order chi connectivity index (χ0) is 15.4. The maximum atomic E-state index is 6.16. The van der Waals surface area contributed by atoms with Crippen molar-refractivity contribution in [2.24, 2.45) is 5.73 Å². The Morgan fingerprint density at radius 2 is 1.71 bits per heavy atom. The summed E-state index contributed by atoms with van der Waals surface area (Å²) in [4.78, 5) is 0. The number of benzene rings is 2. The van der Waals surface area contributed by atoms with Gasteiger partial charge in [0.15, 0.2) is 0 Å². The topological polar surface area (TPSA) is 44.5 Å². The van der Waals surface area contributed by atoms with Crippen LogP contribution >= 0.6 is 23.2 Å². The van der Waals surface area contributed by atoms with Crippen molar-refractivity contribution in [1.82, 2.24) is 0 Å². The second-order valence-corrected chi connectivity index (χ2v) is 5.51. The van der Waals surface area contributed by atoms with E-state index in [-0.39, 0.29) is 12.1 Å². The van der Waals surface area contributed by atoms with E-state index in [1.165, 1.54) is 0 Å². The molecular weight excluding hydrogens is 309 g/mol. The van der Waals surface area contributed by atoms with E-state index in [4.69, 9.17) is 38.4 Å². The molecule has 0 amide bonds. The fraction of sp³-hybridized carbons (Fsp3) is 0.250. The third kappa shape index (κ3) is 3.82. The van der Waals surface area contributed by atoms with Gasteiger partial charge in [0.2, 0.25) is 0 Å². The van der Waals surface area contributed by atoms with Gasteiger partial charge in [0.25, 0.3) is 0 Å². The highest BCUT2D eigenvalue weighted by molar-refractivity contribution is 6.42. The van der Waals surface area contributed by atoms with Crippen LogP contribution in [0.4, 0.5) is 0 Å². The highest BCUT2D eigenvalue weighted by Gasteiger charge is 2.20. The Kier molecular flexibility index (Phi) is 5.34. The lowest BCUT2D eigenvalue weighted by Crippen LogP contribution is -2.29. The molecule has 0 aromatic heterocycles. The first kappa shape index (κ1) is 16.0. The minimum Gasteiger partial charge on any atom is -0.497 e. The quantitative estimate of drug-likeness (QED) is 0.882. The molecular formula is C16H17Cl2NO2. The lowest BCUT2D eigenvalue weighted by Gasteiger charge is -2.24. The lowest BCUT2D eigenvalue weighted by atomic mass is 10.0. The Labute approximate surface area is 134 Å². The number of nitrogens with two attached hydrogens (primary N) is 1. The molecule has 2 atom stereocenters. The second-order valence-electron chi connectivity index (χ2n) is 4.72. The van der Waals surface area contributed by atoms with Crippen LogP contribution in [-0.4, -0.2) is 13.2 Å². The summed E-state index contributed by atoms with van der Waals surface area (Å²) in [6.07, 6.45) is -0.327. The van der Waals surface area contributed by atoms with Gasteiger partial charge in [-0.15, -0.1) is 0 Å². The minimum atomic E-state index is -0.327. The monoisotopic (exact) mass is 325 g/mol. The van der Waals surface area contributed by atoms with E-state index in [2.05, 4.69) is 0 Å². The SMILES string of the molecule is COc1ccc(C(Oc2cccc(Cl)c2Cl)C(C)N)cc1. The molecule has 2 aromatic rings. The Hall–Kier alpha value is -1.42. The number of hydrogen-bond donors (Lipinski definition) is 1. The zero-order valence-corrected chi connectivity index (χ0v) is 13.4. The summed E-state index contributed by atoms with van der Waals surface area (Å²) < 4.78 is 11.1. The fourth-order valence-electron chi connectivity index (χ4n) is 1.98. The molecule has 0 aliphatic rings. The summed E-state index contributed by atoms with van der Waals surface area (Å²) in [5.74, 6) is 1.30. The maximum Gasteiger partial charge on any atom is 0.140 e. The van der Waals surface area contributed by atoms with E-state index in [0.29, 0.717) is 15.8 Å². The van der Waals surface area contributed by atoms with Crippen molar-refractivity contribution in [3.63, 3.8) is 0 Å². The molecule has 0 aliphatic heterocycles. The summed E-state index contributed by atoms with van der Waals surface area (Å²) in [7, 11) is 1.63. The first-order valence-corrected chi connectivity index (χ1v) is 7.28. The molecule has 0 radical (unpaired) electrons. The molecule has 0 aliphatic carbocycles. The van der Waals surface area contributed by atoms with E-state index in [0.717, 1.165) is 11.3 Å². The average Bonchev–Trinajstić information content (AvgIpc) is 2.48. The number of ether oxygens (including phenoxy) is 2. The first-order chi connectivity index (χ1) is 10.0. The van der Waals surface area contributed by atoms with Gasteiger partial charge >= 0.3 is 0 Å². The van der Waals surface area contributed by atoms with Crippen molar-refractivity contribution in [2.75, 3.05) is 7.11 Å². The smallest absolute Gasteiger partial charge is 0.140 e. The van der Waals surface area contributed by atoms with Gasteiger partial charge in [-0.25, -0.2) is 0 Å². The fourth-order valence-corrected chi connectivity index (χ4v) is 2.32. The van der Waals surface area contributed by atoms with Crippen molar-refractivity contribution in [3.05, 3.63) is 58.1 Å². The standard InChI is InChI=1S/C16H17Cl2NO2/c1-10(19)16(11-6-8-12(20-2)9-7-11)21-14-5-3-4-13(17)15(14)18/h3-10,16H,19H2,1-2H3. The van der Waals surface area contributed by atoms with E-state index >= 15 is 0 Å². The van der Waals surface area contributed by atoms with Crippen LogP contribution in [0, 0.1) is 0 Å². The summed E-state index contributed by atoms with van der Waals surface area (Å²) >= 11 is 12.2. The highest BCUT2D eigenvalue weighted by atomic mass is 35.5. The Balaban J connectivity index is 2.28. The number of methoxy groups -OCH3 is 1. The number of rotatable bonds is 5. The molecule has 2 N–H and O–H groups in total. The van der Waals surface area contributed by atoms with Gasteiger partial charge in [-0.3, -0.25) is 0 Å². The van der Waals surface area contributed by atoms with Gasteiger partial charge in [0.1, 0.15) is 22.6 Å². The maximum absolute atomic E-state index is 6.16. The molecule has 5 heteroatoms. The van der Waals surface area contributed by atoms with Crippen LogP contribution in [0.2, 0.25) is 10.0 Å². The number of hydrogen-bond acceptors (Lipinski definition) is 3. The predicted octanol–water partition coefficient (Wildman–Crippen LogP) is 4.47. The minimum absolute atomic E-state index is 0.214. The summed E-state index contributed by atoms with van der Waals surface area (Å²) in [5, 5.41) is 0.839. The molecule has 21 heavy (non-hydrogen) atoms. The zero-order valence-electron chi connectivity index (χ0n) is 11.8. The lowest BCUT2D eigenvalue weighted by molar-refractivity contribution is 0.180. The summed E-state index contributed by atoms with van der Waals surface area (Å²) in [6.45, 7) is 1.88. The summed E-state index contributed by atoms with van der Waals surface area (Å²) in [5.41, 5.74) is 6.99. The van der Waals surface area contributed by atoms with Gasteiger partial charge in [-0.1, -0.05) is 41.4 Å². The normalized spacial score (nSPS) is 13.6. The highest BCUT2D eigenvalue weighted by Crippen LogP contribution is 2.35. The van der Waals surface area contributed by atoms with Crippen molar-refractivity contribution in [1.29, 1.82) is 0 Å². The van der Waals surface area contributed by atoms with Crippen molar-refractivity contribution in [3.8, 4) is 11.5 Å². The van der Waals surface area contributed by atoms with Gasteiger partial charge in [0.05, 0.1) is 12.1 Å². The predicted molar refractivity (Wildman–Crippen MR) is 86.5 cm³/mol. The molecule has 0 heterocycles. The second kappa shape index (κ2) is 7.03. The third-order valence-corrected chi connectivity index (χ3v) is 3.89. The van der Waals surface area contributed by atoms with Crippen LogP contribution in [0.15, 0.2) is 42.5 Å². The van der Waals surface area contributed by atoms with Gasteiger partial charge < -0.3 is 15.2 Å². The van der Waals surface area contributed by atoms with Crippen LogP contribution in [-0.2, 0) is 0 Å². The van der Waals surface area contributed by atoms with Crippen molar-refractivity contribution < 1.29 is 9.47 Å². The van der Waals surface area contributed by atoms with Crippen molar-refractivity contribution >= 4 is 23.2 Å². The summed E-state index contributed by atoms with van der Waals surface area (Å²) in [6, 6.07) is 12.6. The first-order valence-electron chi connectivity index (χ1n) is 6.53. The number of halogens is 2. The van der Waals surface area contributed by atoms with E-state index in [1.807, 2.05) is 31.2 Å². The third-order valence-electron chi connectivity index (χ3n) is 3.09. The molecule has 112 valence electrons. The molecule has 0 saturated heterocycles. The van der Waals surface area contributed by atoms with Gasteiger partial charge in [-0.2, -0.15) is 0 Å². The Morgan fingerprint density at radius 3 is 2.29 bits per heavy atom. The van der Waals surface area contributed by atoms with E-state index in [1.54, 1.807) is 25.3 Å². The van der Waals surface area contributed by atoms with Gasteiger partial charge in [0, 0.05) is 6.04 Å². The van der Waals surface area contributed by atoms with Gasteiger partial charge in [-0.05, 0) is 36.8 Å². The molecule has 2 rings (SSSR count). The Bertz CT molecular complexity index is 600. The molecule has 0 spiro atoms. The average molecular weight is 326 g/mol. The largest absolute Gasteiger partial charge is 0.497 e. The van der Waals surface area contributed by atoms with Crippen LogP contribution in [0.1, 0.15) is 18.6 Å². The molecule has 2 aromatic carbocycles. The Morgan fingerprint density at radius 1 is 1.05 bits per heavy atom. The van der Waals surface area contributed by atoms with Crippen molar-refractivity contribution in [2.45, 2.75) is 19.1 Å². The van der Waals surface area contributed by atoms with E-state index < -0.39 is 0 Å². The van der Waals surface area contributed by atoms with Crippen LogP contribution < -0.4 is 15.2 Å². The molecule has 2 unspecified atom stereocenters. The van der Waals surface area contributed by atoms with Crippen LogP contribution in [0.3, 0.4) is 0 Å². The van der Waals surface area contributed by atoms with Crippen LogP contribution in [0.5, 0.6) is 11.5 Å². The molecule has 0 bridgehead atoms. The van der Waals surface area contributed by atoms with Crippen LogP contribution in [0.25, 0.3) is 0 Å². The molecule has 0 saturated carbocycles. The van der Waals surface area contributed by atoms with E-state index in [9.17, 15) is 0 Å².